The normalized spacial score (nSPS) is 15.5. The van der Waals surface area contributed by atoms with Gasteiger partial charge in [-0.15, -0.1) is 0 Å². The Labute approximate surface area is 75.0 Å². The van der Waals surface area contributed by atoms with Gasteiger partial charge in [0.25, 0.3) is 0 Å². The van der Waals surface area contributed by atoms with Crippen LogP contribution in [0.25, 0.3) is 0 Å². The van der Waals surface area contributed by atoms with Crippen molar-refractivity contribution in [1.82, 2.24) is 0 Å². The van der Waals surface area contributed by atoms with Gasteiger partial charge in [0, 0.05) is 12.1 Å². The van der Waals surface area contributed by atoms with Crippen LogP contribution in [0.5, 0.6) is 0 Å². The molecule has 0 bridgehead atoms. The summed E-state index contributed by atoms with van der Waals surface area (Å²) in [6, 6.07) is 2.33. The number of nitrogens with two attached hydrogens (primary N) is 1. The van der Waals surface area contributed by atoms with Gasteiger partial charge in [-0.2, -0.15) is 0 Å². The first-order valence-corrected chi connectivity index (χ1v) is 3.90. The smallest absolute Gasteiger partial charge is 0.126 e. The van der Waals surface area contributed by atoms with Crippen molar-refractivity contribution in [1.29, 1.82) is 0 Å². The summed E-state index contributed by atoms with van der Waals surface area (Å²) in [6.07, 6.45) is -1.04. The van der Waals surface area contributed by atoms with Crippen LogP contribution in [0.15, 0.2) is 18.2 Å². The highest BCUT2D eigenvalue weighted by molar-refractivity contribution is 5.21. The molecule has 1 aromatic carbocycles. The van der Waals surface area contributed by atoms with Crippen LogP contribution in [0.2, 0.25) is 0 Å². The zero-order chi connectivity index (χ0) is 10.0. The third-order valence-electron chi connectivity index (χ3n) is 1.72. The predicted molar refractivity (Wildman–Crippen MR) is 45.0 cm³/mol. The maximum atomic E-state index is 12.7. The van der Waals surface area contributed by atoms with Crippen LogP contribution in [0, 0.1) is 11.6 Å². The monoisotopic (exact) mass is 187 g/mol. The highest BCUT2D eigenvalue weighted by Gasteiger charge is 2.13. The Kier molecular flexibility index (Phi) is 2.95. The van der Waals surface area contributed by atoms with E-state index >= 15 is 0 Å². The minimum Gasteiger partial charge on any atom is -0.387 e. The van der Waals surface area contributed by atoms with Crippen LogP contribution in [-0.2, 0) is 0 Å². The standard InChI is InChI=1S/C9H11F2NO/c1-5(12)9(13)6-2-7(10)4-8(11)3-6/h2-5,9,13H,12H2,1H3/t5-,9-/m0/s1. The fourth-order valence-corrected chi connectivity index (χ4v) is 1.05. The van der Waals surface area contributed by atoms with E-state index in [2.05, 4.69) is 0 Å². The van der Waals surface area contributed by atoms with Crippen molar-refractivity contribution >= 4 is 0 Å². The third-order valence-corrected chi connectivity index (χ3v) is 1.72. The summed E-state index contributed by atoms with van der Waals surface area (Å²) >= 11 is 0. The maximum Gasteiger partial charge on any atom is 0.126 e. The summed E-state index contributed by atoms with van der Waals surface area (Å²) in [6.45, 7) is 1.56. The van der Waals surface area contributed by atoms with E-state index < -0.39 is 23.8 Å². The molecule has 0 aliphatic heterocycles. The van der Waals surface area contributed by atoms with E-state index in [9.17, 15) is 13.9 Å². The molecular weight excluding hydrogens is 176 g/mol. The van der Waals surface area contributed by atoms with E-state index in [1.807, 2.05) is 0 Å². The summed E-state index contributed by atoms with van der Waals surface area (Å²) in [4.78, 5) is 0. The second-order valence-corrected chi connectivity index (χ2v) is 3.01. The van der Waals surface area contributed by atoms with Gasteiger partial charge in [0.2, 0.25) is 0 Å². The molecule has 0 saturated heterocycles. The molecular formula is C9H11F2NO. The molecule has 0 amide bonds. The van der Waals surface area contributed by atoms with Gasteiger partial charge in [-0.3, -0.25) is 0 Å². The molecule has 0 aliphatic carbocycles. The van der Waals surface area contributed by atoms with Gasteiger partial charge >= 0.3 is 0 Å². The summed E-state index contributed by atoms with van der Waals surface area (Å²) in [5.41, 5.74) is 5.53. The number of rotatable bonds is 2. The summed E-state index contributed by atoms with van der Waals surface area (Å²) in [5.74, 6) is -1.43. The largest absolute Gasteiger partial charge is 0.387 e. The number of hydrogen-bond donors (Lipinski definition) is 2. The predicted octanol–water partition coefficient (Wildman–Crippen LogP) is 1.35. The number of benzene rings is 1. The minimum atomic E-state index is -1.04. The fourth-order valence-electron chi connectivity index (χ4n) is 1.05. The van der Waals surface area contributed by atoms with Crippen LogP contribution in [-0.4, -0.2) is 11.1 Å². The molecule has 0 unspecified atom stereocenters. The van der Waals surface area contributed by atoms with Crippen LogP contribution in [0.4, 0.5) is 8.78 Å². The molecule has 0 spiro atoms. The third kappa shape index (κ3) is 2.47. The van der Waals surface area contributed by atoms with Crippen molar-refractivity contribution in [2.24, 2.45) is 5.73 Å². The van der Waals surface area contributed by atoms with Gasteiger partial charge < -0.3 is 10.8 Å². The van der Waals surface area contributed by atoms with E-state index in [1.165, 1.54) is 0 Å². The Morgan fingerprint density at radius 1 is 1.23 bits per heavy atom. The number of hydrogen-bond acceptors (Lipinski definition) is 2. The van der Waals surface area contributed by atoms with Crippen molar-refractivity contribution in [3.63, 3.8) is 0 Å². The van der Waals surface area contributed by atoms with Crippen LogP contribution >= 0.6 is 0 Å². The second kappa shape index (κ2) is 3.81. The van der Waals surface area contributed by atoms with Gasteiger partial charge in [-0.05, 0) is 24.6 Å². The van der Waals surface area contributed by atoms with Gasteiger partial charge in [-0.1, -0.05) is 0 Å². The molecule has 0 aromatic heterocycles. The maximum absolute atomic E-state index is 12.7. The first-order chi connectivity index (χ1) is 6.00. The second-order valence-electron chi connectivity index (χ2n) is 3.01. The average Bonchev–Trinajstić information content (AvgIpc) is 2.01. The number of halogens is 2. The lowest BCUT2D eigenvalue weighted by molar-refractivity contribution is 0.152. The SMILES string of the molecule is C[C@H](N)[C@H](O)c1cc(F)cc(F)c1. The lowest BCUT2D eigenvalue weighted by atomic mass is 10.0. The molecule has 4 heteroatoms. The van der Waals surface area contributed by atoms with Gasteiger partial charge in [-0.25, -0.2) is 8.78 Å². The highest BCUT2D eigenvalue weighted by atomic mass is 19.1. The molecule has 0 heterocycles. The molecule has 2 nitrogen and oxygen atoms in total. The fraction of sp³-hybridized carbons (Fsp3) is 0.333. The Morgan fingerprint density at radius 3 is 2.08 bits per heavy atom. The molecule has 13 heavy (non-hydrogen) atoms. The van der Waals surface area contributed by atoms with Crippen LogP contribution in [0.3, 0.4) is 0 Å². The molecule has 0 fully saturated rings. The van der Waals surface area contributed by atoms with E-state index in [1.54, 1.807) is 6.92 Å². The van der Waals surface area contributed by atoms with E-state index in [0.29, 0.717) is 0 Å². The molecule has 3 N–H and O–H groups in total. The lowest BCUT2D eigenvalue weighted by Gasteiger charge is -2.14. The zero-order valence-electron chi connectivity index (χ0n) is 7.17. The van der Waals surface area contributed by atoms with Crippen molar-refractivity contribution < 1.29 is 13.9 Å². The quantitative estimate of drug-likeness (QED) is 0.734. The van der Waals surface area contributed by atoms with Crippen LogP contribution in [0.1, 0.15) is 18.6 Å². The Hall–Kier alpha value is -1.00. The summed E-state index contributed by atoms with van der Waals surface area (Å²) in [7, 11) is 0. The Morgan fingerprint density at radius 2 is 1.69 bits per heavy atom. The molecule has 72 valence electrons. The number of aliphatic hydroxyl groups is 1. The van der Waals surface area contributed by atoms with Crippen molar-refractivity contribution in [2.45, 2.75) is 19.1 Å². The van der Waals surface area contributed by atoms with E-state index in [-0.39, 0.29) is 5.56 Å². The van der Waals surface area contributed by atoms with E-state index in [0.717, 1.165) is 18.2 Å². The molecule has 2 atom stereocenters. The lowest BCUT2D eigenvalue weighted by Crippen LogP contribution is -2.24. The van der Waals surface area contributed by atoms with Crippen LogP contribution < -0.4 is 5.73 Å². The topological polar surface area (TPSA) is 46.2 Å². The molecule has 0 saturated carbocycles. The highest BCUT2D eigenvalue weighted by Crippen LogP contribution is 2.17. The molecule has 1 aromatic rings. The van der Waals surface area contributed by atoms with Crippen molar-refractivity contribution in [3.05, 3.63) is 35.4 Å². The first-order valence-electron chi connectivity index (χ1n) is 3.90. The van der Waals surface area contributed by atoms with Crippen molar-refractivity contribution in [2.75, 3.05) is 0 Å². The van der Waals surface area contributed by atoms with Crippen molar-refractivity contribution in [3.8, 4) is 0 Å². The minimum absolute atomic E-state index is 0.160. The summed E-state index contributed by atoms with van der Waals surface area (Å²) < 4.78 is 25.3. The summed E-state index contributed by atoms with van der Waals surface area (Å²) in [5, 5.41) is 9.39. The molecule has 0 aliphatic rings. The molecule has 1 rings (SSSR count). The Bertz CT molecular complexity index is 281. The van der Waals surface area contributed by atoms with Gasteiger partial charge in [0.15, 0.2) is 0 Å². The zero-order valence-corrected chi connectivity index (χ0v) is 7.17. The van der Waals surface area contributed by atoms with Gasteiger partial charge in [0.05, 0.1) is 6.10 Å². The number of aliphatic hydroxyl groups excluding tert-OH is 1. The molecule has 0 radical (unpaired) electrons. The van der Waals surface area contributed by atoms with E-state index in [4.69, 9.17) is 5.73 Å². The first kappa shape index (κ1) is 10.1. The van der Waals surface area contributed by atoms with Gasteiger partial charge in [0.1, 0.15) is 11.6 Å². The average molecular weight is 187 g/mol. The Balaban J connectivity index is 3.01.